The third kappa shape index (κ3) is 5.26. The van der Waals surface area contributed by atoms with E-state index in [2.05, 4.69) is 10.3 Å². The van der Waals surface area contributed by atoms with Crippen LogP contribution in [0.1, 0.15) is 49.8 Å². The largest absolute Gasteiger partial charge is 0.444 e. The summed E-state index contributed by atoms with van der Waals surface area (Å²) in [6, 6.07) is 7.04. The molecule has 1 unspecified atom stereocenters. The lowest BCUT2D eigenvalue weighted by molar-refractivity contribution is 0.0508. The lowest BCUT2D eigenvalue weighted by Crippen LogP contribution is -2.34. The lowest BCUT2D eigenvalue weighted by Gasteiger charge is -2.22. The average molecular weight is 379 g/mol. The van der Waals surface area contributed by atoms with E-state index >= 15 is 0 Å². The highest BCUT2D eigenvalue weighted by atomic mass is 35.5. The summed E-state index contributed by atoms with van der Waals surface area (Å²) < 4.78 is 18.6. The fourth-order valence-corrected chi connectivity index (χ4v) is 2.44. The first-order valence-electron chi connectivity index (χ1n) is 8.01. The van der Waals surface area contributed by atoms with Gasteiger partial charge in [-0.3, -0.25) is 4.79 Å². The topological polar surface area (TPSA) is 68.3 Å². The maximum Gasteiger partial charge on any atom is 0.408 e. The molecule has 7 heteroatoms. The molecule has 0 radical (unpaired) electrons. The number of ether oxygens (including phenoxy) is 1. The summed E-state index contributed by atoms with van der Waals surface area (Å²) in [4.78, 5) is 27.4. The third-order valence-corrected chi connectivity index (χ3v) is 3.73. The predicted octanol–water partition coefficient (Wildman–Crippen LogP) is 4.94. The summed E-state index contributed by atoms with van der Waals surface area (Å²) in [5.74, 6) is -0.540. The number of hydrogen-bond acceptors (Lipinski definition) is 4. The zero-order chi connectivity index (χ0) is 19.5. The van der Waals surface area contributed by atoms with Crippen molar-refractivity contribution < 1.29 is 18.7 Å². The molecule has 1 amide bonds. The molecule has 1 aromatic heterocycles. The first-order valence-corrected chi connectivity index (χ1v) is 8.39. The van der Waals surface area contributed by atoms with E-state index in [1.165, 1.54) is 18.2 Å². The average Bonchev–Trinajstić information content (AvgIpc) is 2.55. The normalized spacial score (nSPS) is 12.4. The first-order chi connectivity index (χ1) is 12.1. The van der Waals surface area contributed by atoms with Crippen LogP contribution in [0, 0.1) is 5.82 Å². The van der Waals surface area contributed by atoms with Crippen LogP contribution in [-0.4, -0.2) is 23.0 Å². The monoisotopic (exact) mass is 378 g/mol. The van der Waals surface area contributed by atoms with E-state index in [1.807, 2.05) is 0 Å². The zero-order valence-electron chi connectivity index (χ0n) is 15.0. The van der Waals surface area contributed by atoms with Crippen molar-refractivity contribution >= 4 is 24.0 Å². The maximum absolute atomic E-state index is 13.4. The van der Waals surface area contributed by atoms with Crippen molar-refractivity contribution in [3.63, 3.8) is 0 Å². The van der Waals surface area contributed by atoms with E-state index in [0.717, 1.165) is 0 Å². The van der Waals surface area contributed by atoms with Gasteiger partial charge in [0, 0.05) is 5.56 Å². The second-order valence-electron chi connectivity index (χ2n) is 6.83. The molecule has 2 rings (SSSR count). The van der Waals surface area contributed by atoms with E-state index < -0.39 is 23.6 Å². The van der Waals surface area contributed by atoms with Crippen LogP contribution in [0.5, 0.6) is 0 Å². The maximum atomic E-state index is 13.4. The van der Waals surface area contributed by atoms with Crippen molar-refractivity contribution in [3.8, 4) is 11.3 Å². The van der Waals surface area contributed by atoms with Gasteiger partial charge in [0.2, 0.25) is 0 Å². The molecule has 1 N–H and O–H groups in total. The Balaban J connectivity index is 2.32. The van der Waals surface area contributed by atoms with Crippen molar-refractivity contribution in [1.82, 2.24) is 10.3 Å². The molecule has 0 saturated heterocycles. The number of nitrogens with zero attached hydrogens (tertiary/aromatic N) is 1. The van der Waals surface area contributed by atoms with E-state index in [1.54, 1.807) is 39.8 Å². The highest BCUT2D eigenvalue weighted by molar-refractivity contribution is 6.31. The fourth-order valence-electron chi connectivity index (χ4n) is 2.26. The van der Waals surface area contributed by atoms with Gasteiger partial charge in [-0.05, 0) is 63.6 Å². The highest BCUT2D eigenvalue weighted by Crippen LogP contribution is 2.26. The minimum atomic E-state index is -0.619. The van der Waals surface area contributed by atoms with Crippen LogP contribution in [0.15, 0.2) is 30.3 Å². The Morgan fingerprint density at radius 3 is 2.58 bits per heavy atom. The minimum Gasteiger partial charge on any atom is -0.444 e. The number of benzene rings is 1. The number of alkyl carbamates (subject to hydrolysis) is 1. The number of hydrogen-bond donors (Lipinski definition) is 1. The second kappa shape index (κ2) is 7.83. The van der Waals surface area contributed by atoms with Gasteiger partial charge in [-0.1, -0.05) is 11.6 Å². The van der Waals surface area contributed by atoms with Crippen LogP contribution in [0.4, 0.5) is 9.18 Å². The lowest BCUT2D eigenvalue weighted by atomic mass is 10.0. The summed E-state index contributed by atoms with van der Waals surface area (Å²) in [5, 5.41) is 2.67. The van der Waals surface area contributed by atoms with Gasteiger partial charge in [0.1, 0.15) is 17.1 Å². The molecule has 5 nitrogen and oxygen atoms in total. The number of amides is 1. The van der Waals surface area contributed by atoms with Crippen LogP contribution >= 0.6 is 11.6 Å². The predicted molar refractivity (Wildman–Crippen MR) is 97.8 cm³/mol. The minimum absolute atomic E-state index is 0.0396. The van der Waals surface area contributed by atoms with Gasteiger partial charge in [-0.2, -0.15) is 0 Å². The number of aromatic nitrogens is 1. The Morgan fingerprint density at radius 2 is 2.00 bits per heavy atom. The molecule has 0 aliphatic heterocycles. The summed E-state index contributed by atoms with van der Waals surface area (Å²) in [5.41, 5.74) is 1.24. The van der Waals surface area contributed by atoms with Crippen molar-refractivity contribution in [1.29, 1.82) is 0 Å². The zero-order valence-corrected chi connectivity index (χ0v) is 15.7. The van der Waals surface area contributed by atoms with Crippen LogP contribution in [0.3, 0.4) is 0 Å². The SMILES string of the molecule is CC(NC(=O)OC(C)(C)C)c1cc(C=O)nc(-c2ccc(F)c(Cl)c2)c1. The Kier molecular flexibility index (Phi) is 5.97. The number of halogens is 2. The molecule has 0 aliphatic carbocycles. The van der Waals surface area contributed by atoms with Gasteiger partial charge in [-0.15, -0.1) is 0 Å². The molecule has 26 heavy (non-hydrogen) atoms. The molecule has 138 valence electrons. The van der Waals surface area contributed by atoms with E-state index in [0.29, 0.717) is 23.1 Å². The van der Waals surface area contributed by atoms with Crippen LogP contribution in [0.25, 0.3) is 11.3 Å². The summed E-state index contributed by atoms with van der Waals surface area (Å²) in [6.45, 7) is 7.06. The Bertz CT molecular complexity index is 834. The van der Waals surface area contributed by atoms with Gasteiger partial charge >= 0.3 is 6.09 Å². The van der Waals surface area contributed by atoms with Crippen molar-refractivity contribution in [3.05, 3.63) is 52.4 Å². The van der Waals surface area contributed by atoms with Crippen molar-refractivity contribution in [2.75, 3.05) is 0 Å². The number of pyridine rings is 1. The van der Waals surface area contributed by atoms with Crippen molar-refractivity contribution in [2.24, 2.45) is 0 Å². The molecule has 0 bridgehead atoms. The number of carbonyl (C=O) groups excluding carboxylic acids is 2. The van der Waals surface area contributed by atoms with E-state index in [4.69, 9.17) is 16.3 Å². The molecule has 0 spiro atoms. The molecule has 1 aromatic carbocycles. The summed E-state index contributed by atoms with van der Waals surface area (Å²) in [7, 11) is 0. The van der Waals surface area contributed by atoms with Gasteiger partial charge in [0.15, 0.2) is 6.29 Å². The van der Waals surface area contributed by atoms with Crippen LogP contribution < -0.4 is 5.32 Å². The molecule has 0 saturated carbocycles. The number of rotatable bonds is 4. The molecular weight excluding hydrogens is 359 g/mol. The quantitative estimate of drug-likeness (QED) is 0.765. The molecule has 2 aromatic rings. The van der Waals surface area contributed by atoms with Crippen molar-refractivity contribution in [2.45, 2.75) is 39.3 Å². The van der Waals surface area contributed by atoms with Gasteiger partial charge < -0.3 is 10.1 Å². The Hall–Kier alpha value is -2.47. The Labute approximate surface area is 156 Å². The second-order valence-corrected chi connectivity index (χ2v) is 7.23. The molecule has 1 atom stereocenters. The standard InChI is InChI=1S/C19H20ClFN2O3/c1-11(22-18(25)26-19(2,3)4)13-7-14(10-24)23-17(9-13)12-5-6-16(21)15(20)8-12/h5-11H,1-4H3,(H,22,25). The van der Waals surface area contributed by atoms with Crippen LogP contribution in [0.2, 0.25) is 5.02 Å². The van der Waals surface area contributed by atoms with Gasteiger partial charge in [0.05, 0.1) is 16.8 Å². The van der Waals surface area contributed by atoms with Crippen LogP contribution in [-0.2, 0) is 4.74 Å². The molecule has 1 heterocycles. The molecular formula is C19H20ClFN2O3. The summed E-state index contributed by atoms with van der Waals surface area (Å²) in [6.07, 6.45) is 0.0408. The summed E-state index contributed by atoms with van der Waals surface area (Å²) >= 11 is 5.82. The van der Waals surface area contributed by atoms with Gasteiger partial charge in [-0.25, -0.2) is 14.2 Å². The molecule has 0 fully saturated rings. The highest BCUT2D eigenvalue weighted by Gasteiger charge is 2.19. The fraction of sp³-hybridized carbons (Fsp3) is 0.316. The van der Waals surface area contributed by atoms with E-state index in [9.17, 15) is 14.0 Å². The van der Waals surface area contributed by atoms with Gasteiger partial charge in [0.25, 0.3) is 0 Å². The molecule has 0 aliphatic rings. The number of aldehydes is 1. The third-order valence-electron chi connectivity index (χ3n) is 3.44. The number of carbonyl (C=O) groups is 2. The van der Waals surface area contributed by atoms with E-state index in [-0.39, 0.29) is 10.7 Å². The Morgan fingerprint density at radius 1 is 1.31 bits per heavy atom. The smallest absolute Gasteiger partial charge is 0.408 e. The first kappa shape index (κ1) is 19.8. The number of nitrogens with one attached hydrogen (secondary N) is 1.